The molecule has 1 aliphatic carbocycles. The fourth-order valence-electron chi connectivity index (χ4n) is 2.94. The standard InChI is InChI=1S/C16H14ClF3N4O2/c1-26-11-7-3-5-9(17)12(11)24(14(21)25)15-22-10-6-2-4-8(10)13(23-15)16(18,19)20/h3,5,7H,2,4,6H2,1H3,(H2,21,25). The van der Waals surface area contributed by atoms with Crippen molar-refractivity contribution in [1.29, 1.82) is 0 Å². The summed E-state index contributed by atoms with van der Waals surface area (Å²) in [6.07, 6.45) is -3.56. The van der Waals surface area contributed by atoms with Gasteiger partial charge in [0.1, 0.15) is 11.4 Å². The van der Waals surface area contributed by atoms with Crippen molar-refractivity contribution < 1.29 is 22.7 Å². The lowest BCUT2D eigenvalue weighted by Gasteiger charge is -2.23. The zero-order valence-corrected chi connectivity index (χ0v) is 14.4. The number of nitrogens with two attached hydrogens (primary N) is 1. The molecule has 0 saturated heterocycles. The Hall–Kier alpha value is -2.55. The number of aromatic nitrogens is 2. The minimum Gasteiger partial charge on any atom is -0.494 e. The molecule has 0 radical (unpaired) electrons. The molecule has 26 heavy (non-hydrogen) atoms. The Morgan fingerprint density at radius 3 is 2.65 bits per heavy atom. The molecule has 0 fully saturated rings. The number of halogens is 4. The van der Waals surface area contributed by atoms with Crippen molar-refractivity contribution in [3.63, 3.8) is 0 Å². The second-order valence-electron chi connectivity index (χ2n) is 5.61. The van der Waals surface area contributed by atoms with E-state index in [1.807, 2.05) is 0 Å². The summed E-state index contributed by atoms with van der Waals surface area (Å²) >= 11 is 6.14. The molecular formula is C16H14ClF3N4O2. The van der Waals surface area contributed by atoms with E-state index in [0.29, 0.717) is 12.8 Å². The smallest absolute Gasteiger partial charge is 0.433 e. The van der Waals surface area contributed by atoms with E-state index in [1.54, 1.807) is 6.07 Å². The highest BCUT2D eigenvalue weighted by molar-refractivity contribution is 6.34. The zero-order chi connectivity index (χ0) is 19.1. The van der Waals surface area contributed by atoms with Gasteiger partial charge in [-0.1, -0.05) is 17.7 Å². The van der Waals surface area contributed by atoms with E-state index in [9.17, 15) is 18.0 Å². The van der Waals surface area contributed by atoms with Crippen LogP contribution in [0, 0.1) is 0 Å². The number of benzene rings is 1. The van der Waals surface area contributed by atoms with Gasteiger partial charge in [0, 0.05) is 11.3 Å². The maximum Gasteiger partial charge on any atom is 0.433 e. The SMILES string of the molecule is COc1cccc(Cl)c1N(C(N)=O)c1nc2c(c(C(F)(F)F)n1)CCC2. The summed E-state index contributed by atoms with van der Waals surface area (Å²) < 4.78 is 45.5. The summed E-state index contributed by atoms with van der Waals surface area (Å²) in [5.74, 6) is -0.342. The number of amides is 2. The van der Waals surface area contributed by atoms with Crippen molar-refractivity contribution in [1.82, 2.24) is 9.97 Å². The summed E-state index contributed by atoms with van der Waals surface area (Å²) in [6.45, 7) is 0. The lowest BCUT2D eigenvalue weighted by Crippen LogP contribution is -2.34. The third kappa shape index (κ3) is 3.14. The van der Waals surface area contributed by atoms with Crippen LogP contribution in [0.3, 0.4) is 0 Å². The molecule has 138 valence electrons. The number of para-hydroxylation sites is 1. The summed E-state index contributed by atoms with van der Waals surface area (Å²) in [7, 11) is 1.33. The first kappa shape index (κ1) is 18.2. The lowest BCUT2D eigenvalue weighted by molar-refractivity contribution is -0.141. The third-order valence-corrected chi connectivity index (χ3v) is 4.31. The van der Waals surface area contributed by atoms with E-state index in [-0.39, 0.29) is 34.1 Å². The number of fused-ring (bicyclic) bond motifs is 1. The number of carbonyl (C=O) groups is 1. The van der Waals surface area contributed by atoms with Gasteiger partial charge in [0.25, 0.3) is 0 Å². The number of anilines is 2. The van der Waals surface area contributed by atoms with E-state index < -0.39 is 23.8 Å². The molecule has 0 atom stereocenters. The number of ether oxygens (including phenoxy) is 1. The maximum atomic E-state index is 13.4. The molecule has 1 aromatic heterocycles. The minimum atomic E-state index is -4.68. The highest BCUT2D eigenvalue weighted by atomic mass is 35.5. The summed E-state index contributed by atoms with van der Waals surface area (Å²) in [5.41, 5.74) is 4.63. The molecule has 1 heterocycles. The molecule has 2 aromatic rings. The number of nitrogens with zero attached hydrogens (tertiary/aromatic N) is 3. The molecule has 0 spiro atoms. The molecule has 1 aromatic carbocycles. The summed E-state index contributed by atoms with van der Waals surface area (Å²) in [4.78, 5) is 20.5. The van der Waals surface area contributed by atoms with E-state index in [4.69, 9.17) is 22.1 Å². The molecule has 0 bridgehead atoms. The predicted molar refractivity (Wildman–Crippen MR) is 88.8 cm³/mol. The Labute approximate surface area is 151 Å². The highest BCUT2D eigenvalue weighted by Crippen LogP contribution is 2.41. The van der Waals surface area contributed by atoms with Gasteiger partial charge in [-0.15, -0.1) is 0 Å². The van der Waals surface area contributed by atoms with Gasteiger partial charge >= 0.3 is 12.2 Å². The normalized spacial score (nSPS) is 13.4. The fraction of sp³-hybridized carbons (Fsp3) is 0.312. The first-order valence-corrected chi connectivity index (χ1v) is 8.01. The first-order chi connectivity index (χ1) is 12.2. The minimum absolute atomic E-state index is 0.0183. The Bertz CT molecular complexity index is 873. The molecule has 3 rings (SSSR count). The van der Waals surface area contributed by atoms with Crippen molar-refractivity contribution in [3.8, 4) is 5.75 Å². The molecule has 0 aliphatic heterocycles. The molecule has 10 heteroatoms. The van der Waals surface area contributed by atoms with Gasteiger partial charge < -0.3 is 10.5 Å². The zero-order valence-electron chi connectivity index (χ0n) is 13.6. The van der Waals surface area contributed by atoms with Crippen molar-refractivity contribution in [2.24, 2.45) is 5.73 Å². The molecule has 6 nitrogen and oxygen atoms in total. The van der Waals surface area contributed by atoms with Crippen molar-refractivity contribution in [2.45, 2.75) is 25.4 Å². The van der Waals surface area contributed by atoms with E-state index in [0.717, 1.165) is 4.90 Å². The molecular weight excluding hydrogens is 373 g/mol. The van der Waals surface area contributed by atoms with E-state index in [1.165, 1.54) is 19.2 Å². The van der Waals surface area contributed by atoms with Gasteiger partial charge in [-0.3, -0.25) is 0 Å². The average molecular weight is 387 g/mol. The van der Waals surface area contributed by atoms with Gasteiger partial charge in [-0.25, -0.2) is 19.7 Å². The summed E-state index contributed by atoms with van der Waals surface area (Å²) in [5, 5.41) is 0.0563. The quantitative estimate of drug-likeness (QED) is 0.868. The third-order valence-electron chi connectivity index (χ3n) is 4.00. The van der Waals surface area contributed by atoms with Gasteiger partial charge in [-0.05, 0) is 31.4 Å². The first-order valence-electron chi connectivity index (χ1n) is 7.63. The van der Waals surface area contributed by atoms with Crippen LogP contribution in [0.25, 0.3) is 0 Å². The van der Waals surface area contributed by atoms with Gasteiger partial charge in [-0.2, -0.15) is 13.2 Å². The number of alkyl halides is 3. The number of rotatable bonds is 3. The van der Waals surface area contributed by atoms with Gasteiger partial charge in [0.2, 0.25) is 5.95 Å². The van der Waals surface area contributed by atoms with Crippen molar-refractivity contribution >= 4 is 29.3 Å². The fourth-order valence-corrected chi connectivity index (χ4v) is 3.19. The Balaban J connectivity index is 2.25. The second kappa shape index (κ2) is 6.64. The Morgan fingerprint density at radius 1 is 1.31 bits per heavy atom. The topological polar surface area (TPSA) is 81.3 Å². The number of hydrogen-bond donors (Lipinski definition) is 1. The molecule has 1 aliphatic rings. The van der Waals surface area contributed by atoms with Crippen molar-refractivity contribution in [2.75, 3.05) is 12.0 Å². The van der Waals surface area contributed by atoms with Crippen LogP contribution in [0.2, 0.25) is 5.02 Å². The van der Waals surface area contributed by atoms with Crippen LogP contribution in [0.1, 0.15) is 23.4 Å². The average Bonchev–Trinajstić information content (AvgIpc) is 3.03. The van der Waals surface area contributed by atoms with Crippen LogP contribution in [0.4, 0.5) is 29.6 Å². The number of primary amides is 1. The number of aryl methyl sites for hydroxylation is 1. The Morgan fingerprint density at radius 2 is 2.04 bits per heavy atom. The van der Waals surface area contributed by atoms with Crippen LogP contribution >= 0.6 is 11.6 Å². The number of carbonyl (C=O) groups excluding carboxylic acids is 1. The molecule has 0 saturated carbocycles. The number of urea groups is 1. The van der Waals surface area contributed by atoms with Crippen LogP contribution < -0.4 is 15.4 Å². The van der Waals surface area contributed by atoms with E-state index >= 15 is 0 Å². The van der Waals surface area contributed by atoms with Gasteiger partial charge in [0.15, 0.2) is 5.69 Å². The van der Waals surface area contributed by atoms with Crippen molar-refractivity contribution in [3.05, 3.63) is 40.2 Å². The van der Waals surface area contributed by atoms with E-state index in [2.05, 4.69) is 9.97 Å². The maximum absolute atomic E-state index is 13.4. The predicted octanol–water partition coefficient (Wildman–Crippen LogP) is 3.86. The van der Waals surface area contributed by atoms with Gasteiger partial charge in [0.05, 0.1) is 12.1 Å². The molecule has 2 N–H and O–H groups in total. The number of methoxy groups -OCH3 is 1. The lowest BCUT2D eigenvalue weighted by atomic mass is 10.1. The van der Waals surface area contributed by atoms with Crippen LogP contribution in [-0.4, -0.2) is 23.1 Å². The summed E-state index contributed by atoms with van der Waals surface area (Å²) in [6, 6.07) is 3.43. The second-order valence-corrected chi connectivity index (χ2v) is 6.02. The number of hydrogen-bond acceptors (Lipinski definition) is 4. The van der Waals surface area contributed by atoms with Crippen LogP contribution in [0.5, 0.6) is 5.75 Å². The highest BCUT2D eigenvalue weighted by Gasteiger charge is 2.40. The van der Waals surface area contributed by atoms with Crippen LogP contribution in [0.15, 0.2) is 18.2 Å². The molecule has 0 unspecified atom stereocenters. The van der Waals surface area contributed by atoms with Crippen LogP contribution in [-0.2, 0) is 19.0 Å². The monoisotopic (exact) mass is 386 g/mol. The molecule has 2 amide bonds. The Kier molecular flexibility index (Phi) is 4.66. The largest absolute Gasteiger partial charge is 0.494 e.